The molecule has 0 heterocycles. The van der Waals surface area contributed by atoms with Crippen LogP contribution in [0.2, 0.25) is 0 Å². The molecule has 1 aliphatic rings. The van der Waals surface area contributed by atoms with E-state index in [1.807, 2.05) is 20.8 Å². The Balaban J connectivity index is 1.84. The average molecular weight is 661 g/mol. The minimum Gasteiger partial charge on any atom is -0.492 e. The highest BCUT2D eigenvalue weighted by Gasteiger charge is 2.56. The van der Waals surface area contributed by atoms with Crippen LogP contribution in [0.5, 0.6) is 23.0 Å². The van der Waals surface area contributed by atoms with Gasteiger partial charge in [-0.05, 0) is 82.0 Å². The summed E-state index contributed by atoms with van der Waals surface area (Å²) in [4.78, 5) is 42.5. The number of ether oxygens (including phenoxy) is 4. The third-order valence-corrected chi connectivity index (χ3v) is 8.33. The van der Waals surface area contributed by atoms with E-state index in [1.165, 1.54) is 6.92 Å². The van der Waals surface area contributed by atoms with Crippen molar-refractivity contribution >= 4 is 29.0 Å². The molecule has 0 bridgehead atoms. The molecule has 1 aliphatic carbocycles. The van der Waals surface area contributed by atoms with Crippen molar-refractivity contribution in [1.29, 1.82) is 0 Å². The zero-order valence-electron chi connectivity index (χ0n) is 28.7. The number of hydrogen-bond acceptors (Lipinski definition) is 8. The van der Waals surface area contributed by atoms with Gasteiger partial charge >= 0.3 is 0 Å². The molecule has 1 saturated carbocycles. The predicted octanol–water partition coefficient (Wildman–Crippen LogP) is 6.62. The molecule has 3 aromatic carbocycles. The summed E-state index contributed by atoms with van der Waals surface area (Å²) < 4.78 is 23.5. The Morgan fingerprint density at radius 3 is 1.90 bits per heavy atom. The summed E-state index contributed by atoms with van der Waals surface area (Å²) >= 11 is 0. The molecule has 0 aromatic heterocycles. The number of ketones is 1. The summed E-state index contributed by atoms with van der Waals surface area (Å²) in [5.74, 6) is -3.09. The molecular weight excluding hydrogens is 612 g/mol. The van der Waals surface area contributed by atoms with Crippen LogP contribution in [0.1, 0.15) is 65.9 Å². The fourth-order valence-electron chi connectivity index (χ4n) is 6.14. The van der Waals surface area contributed by atoms with Crippen molar-refractivity contribution in [3.63, 3.8) is 0 Å². The molecule has 0 aliphatic heterocycles. The highest BCUT2D eigenvalue weighted by Crippen LogP contribution is 2.48. The van der Waals surface area contributed by atoms with Crippen LogP contribution in [0.4, 0.5) is 11.4 Å². The number of rotatable bonds is 15. The first-order valence-electron chi connectivity index (χ1n) is 16.7. The molecule has 10 heteroatoms. The molecule has 3 N–H and O–H groups in total. The highest BCUT2D eigenvalue weighted by atomic mass is 16.5. The van der Waals surface area contributed by atoms with Gasteiger partial charge in [-0.2, -0.15) is 0 Å². The van der Waals surface area contributed by atoms with E-state index in [0.717, 1.165) is 6.42 Å². The lowest BCUT2D eigenvalue weighted by Gasteiger charge is -2.44. The zero-order valence-corrected chi connectivity index (χ0v) is 28.7. The van der Waals surface area contributed by atoms with Crippen molar-refractivity contribution in [2.45, 2.75) is 65.9 Å². The molecule has 258 valence electrons. The van der Waals surface area contributed by atoms with Crippen LogP contribution < -0.4 is 29.6 Å². The third-order valence-electron chi connectivity index (χ3n) is 8.33. The Bertz CT molecular complexity index is 1570. The normalized spacial score (nSPS) is 20.6. The molecule has 48 heavy (non-hydrogen) atoms. The van der Waals surface area contributed by atoms with E-state index in [1.54, 1.807) is 66.7 Å². The van der Waals surface area contributed by atoms with E-state index >= 15 is 0 Å². The number of nitrogens with one attached hydrogen (secondary N) is 2. The molecule has 10 nitrogen and oxygen atoms in total. The van der Waals surface area contributed by atoms with Crippen LogP contribution in [0.3, 0.4) is 0 Å². The number of hydrogen-bond donors (Lipinski definition) is 3. The Kier molecular flexibility index (Phi) is 12.5. The molecule has 4 unspecified atom stereocenters. The number of benzene rings is 3. The van der Waals surface area contributed by atoms with Crippen LogP contribution in [-0.4, -0.2) is 54.7 Å². The van der Waals surface area contributed by atoms with Crippen LogP contribution in [0.15, 0.2) is 66.7 Å². The van der Waals surface area contributed by atoms with Crippen molar-refractivity contribution in [2.75, 3.05) is 37.1 Å². The number of anilines is 2. The molecule has 4 rings (SSSR count). The van der Waals surface area contributed by atoms with Gasteiger partial charge in [0.05, 0.1) is 49.3 Å². The summed E-state index contributed by atoms with van der Waals surface area (Å²) in [6, 6.07) is 19.1. The second kappa shape index (κ2) is 16.5. The van der Waals surface area contributed by atoms with Crippen molar-refractivity contribution in [3.8, 4) is 23.0 Å². The average Bonchev–Trinajstić information content (AvgIpc) is 3.03. The molecule has 4 atom stereocenters. The van der Waals surface area contributed by atoms with Gasteiger partial charge in [0.2, 0.25) is 11.8 Å². The smallest absolute Gasteiger partial charge is 0.235 e. The van der Waals surface area contributed by atoms with Gasteiger partial charge in [0, 0.05) is 12.3 Å². The largest absolute Gasteiger partial charge is 0.492 e. The first-order valence-corrected chi connectivity index (χ1v) is 16.7. The van der Waals surface area contributed by atoms with Crippen molar-refractivity contribution in [1.82, 2.24) is 0 Å². The molecule has 0 spiro atoms. The maximum atomic E-state index is 14.4. The minimum atomic E-state index is -1.80. The van der Waals surface area contributed by atoms with Gasteiger partial charge in [-0.25, -0.2) is 0 Å². The Morgan fingerprint density at radius 2 is 1.33 bits per heavy atom. The summed E-state index contributed by atoms with van der Waals surface area (Å²) in [5.41, 5.74) is -0.525. The lowest BCUT2D eigenvalue weighted by atomic mass is 9.61. The summed E-state index contributed by atoms with van der Waals surface area (Å²) in [7, 11) is 0. The minimum absolute atomic E-state index is 0.373. The van der Waals surface area contributed by atoms with Crippen LogP contribution >= 0.6 is 0 Å². The molecule has 1 fully saturated rings. The number of carbonyl (C=O) groups excluding carboxylic acids is 3. The Labute approximate surface area is 283 Å². The van der Waals surface area contributed by atoms with Crippen LogP contribution in [0, 0.1) is 17.8 Å². The monoisotopic (exact) mass is 660 g/mol. The number of aliphatic hydroxyl groups is 1. The zero-order chi connectivity index (χ0) is 34.8. The van der Waals surface area contributed by atoms with Gasteiger partial charge in [-0.1, -0.05) is 44.2 Å². The van der Waals surface area contributed by atoms with Crippen LogP contribution in [-0.2, 0) is 14.4 Å². The van der Waals surface area contributed by atoms with Crippen LogP contribution in [0.25, 0.3) is 0 Å². The van der Waals surface area contributed by atoms with Gasteiger partial charge in [0.25, 0.3) is 0 Å². The second-order valence-corrected chi connectivity index (χ2v) is 12.5. The van der Waals surface area contributed by atoms with E-state index in [0.29, 0.717) is 72.3 Å². The Hall–Kier alpha value is -4.57. The van der Waals surface area contributed by atoms with Crippen molar-refractivity contribution in [2.24, 2.45) is 17.8 Å². The second-order valence-electron chi connectivity index (χ2n) is 12.5. The molecule has 0 saturated heterocycles. The lowest BCUT2D eigenvalue weighted by molar-refractivity contribution is -0.150. The fourth-order valence-corrected chi connectivity index (χ4v) is 6.14. The fraction of sp³-hybridized carbons (Fsp3) is 0.447. The quantitative estimate of drug-likeness (QED) is 0.155. The first-order chi connectivity index (χ1) is 23.0. The van der Waals surface area contributed by atoms with Gasteiger partial charge in [0.15, 0.2) is 11.5 Å². The lowest BCUT2D eigenvalue weighted by Crippen LogP contribution is -2.56. The maximum Gasteiger partial charge on any atom is 0.235 e. The van der Waals surface area contributed by atoms with E-state index in [-0.39, 0.29) is 0 Å². The molecule has 2 amide bonds. The molecule has 3 aromatic rings. The van der Waals surface area contributed by atoms with Gasteiger partial charge in [-0.15, -0.1) is 0 Å². The first kappa shape index (κ1) is 36.3. The molecular formula is C38H48N2O8. The van der Waals surface area contributed by atoms with Gasteiger partial charge in [-0.3, -0.25) is 14.4 Å². The maximum absolute atomic E-state index is 14.4. The summed E-state index contributed by atoms with van der Waals surface area (Å²) in [6.07, 6.45) is 0.385. The number of para-hydroxylation sites is 4. The van der Waals surface area contributed by atoms with Crippen molar-refractivity contribution < 1.29 is 38.4 Å². The number of Topliss-reactive ketones (excluding diaryl/α,β-unsaturated/α-hetero) is 1. The highest BCUT2D eigenvalue weighted by molar-refractivity contribution is 6.11. The summed E-state index contributed by atoms with van der Waals surface area (Å²) in [5, 5.41) is 17.6. The summed E-state index contributed by atoms with van der Waals surface area (Å²) in [6.45, 7) is 12.8. The molecule has 0 radical (unpaired) electrons. The van der Waals surface area contributed by atoms with E-state index in [2.05, 4.69) is 24.5 Å². The van der Waals surface area contributed by atoms with Gasteiger partial charge in [0.1, 0.15) is 23.2 Å². The number of amides is 2. The number of carbonyl (C=O) groups is 3. The van der Waals surface area contributed by atoms with E-state index < -0.39 is 47.4 Å². The third kappa shape index (κ3) is 8.66. The topological polar surface area (TPSA) is 132 Å². The Morgan fingerprint density at radius 1 is 0.792 bits per heavy atom. The van der Waals surface area contributed by atoms with Gasteiger partial charge < -0.3 is 34.7 Å². The van der Waals surface area contributed by atoms with E-state index in [4.69, 9.17) is 18.9 Å². The SMILES string of the molecule is CCOc1ccccc1NC(=O)C1C(=O)CC(C)(O)C(C(=O)Nc2ccccc2OCC)C1c1ccc(OCC)c(OCCC(C)C)c1. The standard InChI is InChI=1S/C38H48N2O8/c1-7-45-29-16-12-10-14-26(29)39-36(42)34-28(41)23-38(6,44)35(37(43)40-27-15-11-13-17-30(27)46-8-2)33(34)25-18-19-31(47-9-3)32(22-25)48-21-20-24(4)5/h10-19,22,24,33-35,44H,7-9,20-21,23H2,1-6H3,(H,39,42)(H,40,43). The van der Waals surface area contributed by atoms with Crippen molar-refractivity contribution in [3.05, 3.63) is 72.3 Å². The predicted molar refractivity (Wildman–Crippen MR) is 185 cm³/mol. The van der Waals surface area contributed by atoms with E-state index in [9.17, 15) is 19.5 Å².